The first kappa shape index (κ1) is 25.4. The second-order valence-corrected chi connectivity index (χ2v) is 19.3. The van der Waals surface area contributed by atoms with E-state index >= 15 is 0 Å². The molecule has 0 saturated carbocycles. The van der Waals surface area contributed by atoms with E-state index in [4.69, 9.17) is 0 Å². The average molecular weight is 515 g/mol. The third-order valence-electron chi connectivity index (χ3n) is 8.39. The summed E-state index contributed by atoms with van der Waals surface area (Å²) in [6.45, 7) is 7.53. The summed E-state index contributed by atoms with van der Waals surface area (Å²) in [6, 6.07) is 50.4. The zero-order chi connectivity index (χ0) is 25.7. The molecule has 1 atom stereocenters. The number of rotatable bonds is 9. The summed E-state index contributed by atoms with van der Waals surface area (Å²) >= 11 is 0. The first-order valence-corrected chi connectivity index (χ1v) is 19.2. The van der Waals surface area contributed by atoms with E-state index in [1.54, 1.807) is 15.9 Å². The molecule has 0 fully saturated rings. The molecule has 5 rings (SSSR count). The van der Waals surface area contributed by atoms with Crippen LogP contribution in [0.25, 0.3) is 10.8 Å². The maximum atomic E-state index is 2.63. The fraction of sp³-hybridized carbons (Fsp3) is 0.200. The average Bonchev–Trinajstić information content (AvgIpc) is 2.97. The minimum atomic E-state index is -2.02. The van der Waals surface area contributed by atoms with Gasteiger partial charge >= 0.3 is 0 Å². The third kappa shape index (κ3) is 5.01. The van der Waals surface area contributed by atoms with Crippen molar-refractivity contribution >= 4 is 47.7 Å². The lowest BCUT2D eigenvalue weighted by Gasteiger charge is -2.35. The van der Waals surface area contributed by atoms with E-state index in [9.17, 15) is 0 Å². The van der Waals surface area contributed by atoms with E-state index in [0.29, 0.717) is 0 Å². The Labute approximate surface area is 225 Å². The van der Waals surface area contributed by atoms with Crippen molar-refractivity contribution in [2.45, 2.75) is 44.9 Å². The van der Waals surface area contributed by atoms with Gasteiger partial charge in [0.15, 0.2) is 0 Å². The molecular formula is C35H38Si2. The third-order valence-corrected chi connectivity index (χ3v) is 17.4. The van der Waals surface area contributed by atoms with Crippen LogP contribution in [0.2, 0.25) is 19.1 Å². The molecule has 2 heteroatoms. The lowest BCUT2D eigenvalue weighted by Crippen LogP contribution is -2.61. The van der Waals surface area contributed by atoms with Gasteiger partial charge in [-0.3, -0.25) is 0 Å². The molecule has 37 heavy (non-hydrogen) atoms. The van der Waals surface area contributed by atoms with Crippen molar-refractivity contribution in [3.63, 3.8) is 0 Å². The molecule has 0 amide bonds. The molecule has 0 aliphatic heterocycles. The van der Waals surface area contributed by atoms with Crippen LogP contribution < -0.4 is 20.7 Å². The zero-order valence-electron chi connectivity index (χ0n) is 22.5. The van der Waals surface area contributed by atoms with E-state index in [1.165, 1.54) is 40.0 Å². The minimum Gasteiger partial charge on any atom is -0.0654 e. The van der Waals surface area contributed by atoms with Crippen molar-refractivity contribution in [3.05, 3.63) is 133 Å². The van der Waals surface area contributed by atoms with Gasteiger partial charge in [0.25, 0.3) is 0 Å². The number of hydrogen-bond donors (Lipinski definition) is 0. The van der Waals surface area contributed by atoms with Crippen molar-refractivity contribution in [1.82, 2.24) is 0 Å². The SMILES string of the molecule is CCCC[Si](C)(c1ccccc1C[Si](C)(c1ccccc1)c1ccccc1)c1cccc2ccccc12. The van der Waals surface area contributed by atoms with Gasteiger partial charge < -0.3 is 0 Å². The molecule has 5 aromatic rings. The van der Waals surface area contributed by atoms with Crippen molar-refractivity contribution in [1.29, 1.82) is 0 Å². The largest absolute Gasteiger partial charge is 0.119 e. The Balaban J connectivity index is 1.69. The Morgan fingerprint density at radius 3 is 1.73 bits per heavy atom. The van der Waals surface area contributed by atoms with Gasteiger partial charge in [0.05, 0.1) is 0 Å². The molecule has 0 bridgehead atoms. The van der Waals surface area contributed by atoms with E-state index in [0.717, 1.165) is 6.04 Å². The maximum absolute atomic E-state index is 2.63. The summed E-state index contributed by atoms with van der Waals surface area (Å²) in [7, 11) is -4.03. The van der Waals surface area contributed by atoms with Crippen LogP contribution in [0.5, 0.6) is 0 Å². The highest BCUT2D eigenvalue weighted by Gasteiger charge is 2.38. The molecule has 0 nitrogen and oxygen atoms in total. The number of benzene rings is 5. The fourth-order valence-electron chi connectivity index (χ4n) is 6.23. The van der Waals surface area contributed by atoms with Crippen LogP contribution >= 0.6 is 0 Å². The van der Waals surface area contributed by atoms with Crippen LogP contribution in [0.4, 0.5) is 0 Å². The monoisotopic (exact) mass is 514 g/mol. The second kappa shape index (κ2) is 11.0. The molecular weight excluding hydrogens is 477 g/mol. The minimum absolute atomic E-state index is 1.12. The van der Waals surface area contributed by atoms with Gasteiger partial charge in [-0.25, -0.2) is 0 Å². The first-order valence-electron chi connectivity index (χ1n) is 13.7. The van der Waals surface area contributed by atoms with Crippen molar-refractivity contribution in [3.8, 4) is 0 Å². The second-order valence-electron chi connectivity index (χ2n) is 10.9. The van der Waals surface area contributed by atoms with Crippen LogP contribution in [0, 0.1) is 0 Å². The first-order chi connectivity index (χ1) is 18.1. The van der Waals surface area contributed by atoms with Gasteiger partial charge in [0.2, 0.25) is 0 Å². The zero-order valence-corrected chi connectivity index (χ0v) is 24.5. The molecule has 0 N–H and O–H groups in total. The Bertz CT molecular complexity index is 1410. The Hall–Kier alpha value is -3.21. The molecule has 0 radical (unpaired) electrons. The summed E-state index contributed by atoms with van der Waals surface area (Å²) in [6.07, 6.45) is 2.50. The molecule has 0 heterocycles. The fourth-order valence-corrected chi connectivity index (χ4v) is 14.6. The number of fused-ring (bicyclic) bond motifs is 1. The topological polar surface area (TPSA) is 0 Å². The van der Waals surface area contributed by atoms with Gasteiger partial charge in [-0.1, -0.05) is 181 Å². The van der Waals surface area contributed by atoms with E-state index in [2.05, 4.69) is 147 Å². The summed E-state index contributed by atoms with van der Waals surface area (Å²) in [5, 5.41) is 9.05. The molecule has 0 spiro atoms. The summed E-state index contributed by atoms with van der Waals surface area (Å²) in [4.78, 5) is 0. The highest BCUT2D eigenvalue weighted by atomic mass is 28.3. The molecule has 0 aliphatic carbocycles. The lowest BCUT2D eigenvalue weighted by molar-refractivity contribution is 0.872. The lowest BCUT2D eigenvalue weighted by atomic mass is 10.1. The molecule has 1 unspecified atom stereocenters. The number of unbranched alkanes of at least 4 members (excludes halogenated alkanes) is 1. The van der Waals surface area contributed by atoms with Gasteiger partial charge in [-0.2, -0.15) is 0 Å². The quantitative estimate of drug-likeness (QED) is 0.190. The Morgan fingerprint density at radius 2 is 1.05 bits per heavy atom. The standard InChI is InChI=1S/C35H38Si2/c1-4-5-27-36(2,35-26-16-19-29-17-12-14-24-33(29)35)34-25-15-13-18-30(34)28-37(3,31-20-8-6-9-21-31)32-22-10-7-11-23-32/h6-26H,4-5,27-28H2,1-3H3. The summed E-state index contributed by atoms with van der Waals surface area (Å²) < 4.78 is 0. The van der Waals surface area contributed by atoms with Crippen LogP contribution in [0.1, 0.15) is 25.3 Å². The van der Waals surface area contributed by atoms with E-state index < -0.39 is 16.1 Å². The van der Waals surface area contributed by atoms with Gasteiger partial charge in [0.1, 0.15) is 16.1 Å². The Kier molecular flexibility index (Phi) is 7.59. The Morgan fingerprint density at radius 1 is 0.514 bits per heavy atom. The highest BCUT2D eigenvalue weighted by molar-refractivity contribution is 7.04. The predicted octanol–water partition coefficient (Wildman–Crippen LogP) is 6.81. The smallest absolute Gasteiger partial charge is 0.0654 e. The summed E-state index contributed by atoms with van der Waals surface area (Å²) in [5.74, 6) is 0. The van der Waals surface area contributed by atoms with Crippen LogP contribution in [-0.2, 0) is 6.04 Å². The molecule has 5 aromatic carbocycles. The maximum Gasteiger partial charge on any atom is 0.119 e. The van der Waals surface area contributed by atoms with Crippen LogP contribution in [0.3, 0.4) is 0 Å². The molecule has 0 aromatic heterocycles. The van der Waals surface area contributed by atoms with Gasteiger partial charge in [-0.15, -0.1) is 0 Å². The van der Waals surface area contributed by atoms with Crippen LogP contribution in [-0.4, -0.2) is 16.1 Å². The van der Waals surface area contributed by atoms with Crippen molar-refractivity contribution in [2.24, 2.45) is 0 Å². The van der Waals surface area contributed by atoms with E-state index in [1.807, 2.05) is 0 Å². The normalized spacial score (nSPS) is 13.4. The molecule has 0 aliphatic rings. The summed E-state index contributed by atoms with van der Waals surface area (Å²) in [5.41, 5.74) is 1.56. The molecule has 0 saturated heterocycles. The van der Waals surface area contributed by atoms with Crippen molar-refractivity contribution in [2.75, 3.05) is 0 Å². The predicted molar refractivity (Wildman–Crippen MR) is 168 cm³/mol. The van der Waals surface area contributed by atoms with Gasteiger partial charge in [0, 0.05) is 0 Å². The molecule has 186 valence electrons. The van der Waals surface area contributed by atoms with Crippen molar-refractivity contribution < 1.29 is 0 Å². The number of hydrogen-bond acceptors (Lipinski definition) is 0. The highest BCUT2D eigenvalue weighted by Crippen LogP contribution is 2.24. The van der Waals surface area contributed by atoms with Crippen LogP contribution in [0.15, 0.2) is 127 Å². The van der Waals surface area contributed by atoms with E-state index in [-0.39, 0.29) is 0 Å². The van der Waals surface area contributed by atoms with Gasteiger partial charge in [-0.05, 0) is 28.0 Å².